The largest absolute Gasteiger partial charge is 0.324 e. The number of thioether (sulfide) groups is 1. The zero-order valence-corrected chi connectivity index (χ0v) is 17.2. The molecular weight excluding hydrogens is 428 g/mol. The Morgan fingerprint density at radius 3 is 2.56 bits per heavy atom. The van der Waals surface area contributed by atoms with Crippen molar-refractivity contribution in [3.63, 3.8) is 0 Å². The number of imide groups is 1. The first kappa shape index (κ1) is 19.4. The third-order valence-electron chi connectivity index (χ3n) is 4.22. The standard InChI is InChI=1S/C20H17BrN2O3S/c1-12-4-3-5-16(13(12)2)22-18(24)11-23-19(25)17(27-20(23)26)10-14-6-8-15(21)9-7-14/h3-10H,11H2,1-2H3,(H,22,24)/b17-10+. The first-order valence-corrected chi connectivity index (χ1v) is 9.83. The van der Waals surface area contributed by atoms with Crippen LogP contribution in [0.25, 0.3) is 6.08 Å². The second-order valence-corrected chi connectivity index (χ2v) is 8.02. The predicted molar refractivity (Wildman–Crippen MR) is 111 cm³/mol. The van der Waals surface area contributed by atoms with E-state index in [9.17, 15) is 14.4 Å². The summed E-state index contributed by atoms with van der Waals surface area (Å²) in [5.41, 5.74) is 3.49. The molecule has 7 heteroatoms. The van der Waals surface area contributed by atoms with Crippen molar-refractivity contribution < 1.29 is 14.4 Å². The lowest BCUT2D eigenvalue weighted by Crippen LogP contribution is -2.36. The Balaban J connectivity index is 1.71. The summed E-state index contributed by atoms with van der Waals surface area (Å²) in [4.78, 5) is 38.3. The third-order valence-corrected chi connectivity index (χ3v) is 5.66. The highest BCUT2D eigenvalue weighted by molar-refractivity contribution is 9.10. The molecule has 1 N–H and O–H groups in total. The molecule has 1 fully saturated rings. The van der Waals surface area contributed by atoms with Crippen molar-refractivity contribution in [3.05, 3.63) is 68.5 Å². The first-order chi connectivity index (χ1) is 12.8. The highest BCUT2D eigenvalue weighted by atomic mass is 79.9. The van der Waals surface area contributed by atoms with Gasteiger partial charge in [0, 0.05) is 10.2 Å². The topological polar surface area (TPSA) is 66.5 Å². The lowest BCUT2D eigenvalue weighted by Gasteiger charge is -2.14. The SMILES string of the molecule is Cc1cccc(NC(=O)CN2C(=O)S/C(=C/c3ccc(Br)cc3)C2=O)c1C. The zero-order valence-electron chi connectivity index (χ0n) is 14.8. The maximum Gasteiger partial charge on any atom is 0.294 e. The Bertz CT molecular complexity index is 954. The number of nitrogens with zero attached hydrogens (tertiary/aromatic N) is 1. The van der Waals surface area contributed by atoms with Crippen LogP contribution in [0.15, 0.2) is 51.8 Å². The number of rotatable bonds is 4. The maximum atomic E-state index is 12.5. The van der Waals surface area contributed by atoms with Crippen molar-refractivity contribution in [2.75, 3.05) is 11.9 Å². The predicted octanol–water partition coefficient (Wildman–Crippen LogP) is 4.74. The van der Waals surface area contributed by atoms with Gasteiger partial charge in [0.25, 0.3) is 11.1 Å². The van der Waals surface area contributed by atoms with Gasteiger partial charge in [0.2, 0.25) is 5.91 Å². The summed E-state index contributed by atoms with van der Waals surface area (Å²) >= 11 is 4.19. The van der Waals surface area contributed by atoms with Crippen LogP contribution < -0.4 is 5.32 Å². The average Bonchev–Trinajstić information content (AvgIpc) is 2.88. The summed E-state index contributed by atoms with van der Waals surface area (Å²) in [5, 5.41) is 2.33. The molecule has 0 saturated carbocycles. The second-order valence-electron chi connectivity index (χ2n) is 6.12. The molecule has 0 aliphatic carbocycles. The smallest absolute Gasteiger partial charge is 0.294 e. The number of amides is 3. The number of carbonyl (C=O) groups excluding carboxylic acids is 3. The molecule has 3 rings (SSSR count). The number of anilines is 1. The van der Waals surface area contributed by atoms with Gasteiger partial charge in [0.15, 0.2) is 0 Å². The minimum absolute atomic E-state index is 0.307. The molecule has 1 saturated heterocycles. The van der Waals surface area contributed by atoms with Gasteiger partial charge in [-0.25, -0.2) is 0 Å². The molecule has 0 bridgehead atoms. The zero-order chi connectivity index (χ0) is 19.6. The monoisotopic (exact) mass is 444 g/mol. The number of hydrogen-bond donors (Lipinski definition) is 1. The van der Waals surface area contributed by atoms with Gasteiger partial charge in [-0.1, -0.05) is 40.2 Å². The van der Waals surface area contributed by atoms with E-state index in [0.29, 0.717) is 10.6 Å². The fraction of sp³-hybridized carbons (Fsp3) is 0.150. The molecule has 3 amide bonds. The molecule has 0 spiro atoms. The molecule has 5 nitrogen and oxygen atoms in total. The Kier molecular flexibility index (Phi) is 5.82. The fourth-order valence-corrected chi connectivity index (χ4v) is 3.67. The van der Waals surface area contributed by atoms with Gasteiger partial charge >= 0.3 is 0 Å². The van der Waals surface area contributed by atoms with Crippen LogP contribution in [0.1, 0.15) is 16.7 Å². The number of hydrogen-bond acceptors (Lipinski definition) is 4. The minimum atomic E-state index is -0.455. The highest BCUT2D eigenvalue weighted by Gasteiger charge is 2.36. The van der Waals surface area contributed by atoms with Crippen LogP contribution in [-0.2, 0) is 9.59 Å². The summed E-state index contributed by atoms with van der Waals surface area (Å²) in [6, 6.07) is 13.0. The maximum absolute atomic E-state index is 12.5. The van der Waals surface area contributed by atoms with E-state index in [-0.39, 0.29) is 6.54 Å². The molecule has 2 aromatic rings. The third kappa shape index (κ3) is 4.48. The molecule has 1 aliphatic heterocycles. The first-order valence-electron chi connectivity index (χ1n) is 8.22. The summed E-state index contributed by atoms with van der Waals surface area (Å²) in [6.07, 6.45) is 1.65. The van der Waals surface area contributed by atoms with Crippen LogP contribution in [0, 0.1) is 13.8 Å². The molecule has 0 unspecified atom stereocenters. The van der Waals surface area contributed by atoms with Gasteiger partial charge in [-0.15, -0.1) is 0 Å². The van der Waals surface area contributed by atoms with Gasteiger partial charge in [-0.05, 0) is 66.6 Å². The molecule has 138 valence electrons. The number of carbonyl (C=O) groups is 3. The Hall–Kier alpha value is -2.38. The Morgan fingerprint density at radius 2 is 1.85 bits per heavy atom. The molecule has 0 aromatic heterocycles. The average molecular weight is 445 g/mol. The van der Waals surface area contributed by atoms with Crippen LogP contribution in [0.5, 0.6) is 0 Å². The summed E-state index contributed by atoms with van der Waals surface area (Å²) in [7, 11) is 0. The fourth-order valence-electron chi connectivity index (χ4n) is 2.57. The van der Waals surface area contributed by atoms with E-state index in [1.807, 2.05) is 50.2 Å². The van der Waals surface area contributed by atoms with E-state index in [1.165, 1.54) is 0 Å². The van der Waals surface area contributed by atoms with Crippen LogP contribution in [0.2, 0.25) is 0 Å². The van der Waals surface area contributed by atoms with Crippen molar-refractivity contribution in [3.8, 4) is 0 Å². The van der Waals surface area contributed by atoms with Gasteiger partial charge in [-0.3, -0.25) is 19.3 Å². The summed E-state index contributed by atoms with van der Waals surface area (Å²) < 4.78 is 0.927. The number of halogens is 1. The van der Waals surface area contributed by atoms with Crippen molar-refractivity contribution in [2.24, 2.45) is 0 Å². The molecule has 0 radical (unpaired) electrons. The van der Waals surface area contributed by atoms with Gasteiger partial charge in [0.05, 0.1) is 4.91 Å². The van der Waals surface area contributed by atoms with E-state index in [1.54, 1.807) is 12.1 Å². The summed E-state index contributed by atoms with van der Waals surface area (Å²) in [5.74, 6) is -0.861. The highest BCUT2D eigenvalue weighted by Crippen LogP contribution is 2.32. The molecular formula is C20H17BrN2O3S. The van der Waals surface area contributed by atoms with Crippen molar-refractivity contribution in [2.45, 2.75) is 13.8 Å². The van der Waals surface area contributed by atoms with Crippen LogP contribution in [-0.4, -0.2) is 28.5 Å². The summed E-state index contributed by atoms with van der Waals surface area (Å²) in [6.45, 7) is 3.55. The Morgan fingerprint density at radius 1 is 1.15 bits per heavy atom. The second kappa shape index (κ2) is 8.10. The van der Waals surface area contributed by atoms with Crippen LogP contribution >= 0.6 is 27.7 Å². The molecule has 1 heterocycles. The number of benzene rings is 2. The van der Waals surface area contributed by atoms with Gasteiger partial charge < -0.3 is 5.32 Å². The molecule has 0 atom stereocenters. The molecule has 1 aliphatic rings. The number of nitrogens with one attached hydrogen (secondary N) is 1. The Labute approximate surface area is 169 Å². The van der Waals surface area contributed by atoms with E-state index in [4.69, 9.17) is 0 Å². The minimum Gasteiger partial charge on any atom is -0.324 e. The molecule has 2 aromatic carbocycles. The number of aryl methyl sites for hydroxylation is 1. The lowest BCUT2D eigenvalue weighted by molar-refractivity contribution is -0.127. The van der Waals surface area contributed by atoms with Crippen molar-refractivity contribution in [1.29, 1.82) is 0 Å². The normalized spacial score (nSPS) is 15.5. The van der Waals surface area contributed by atoms with E-state index in [2.05, 4.69) is 21.2 Å². The van der Waals surface area contributed by atoms with Crippen molar-refractivity contribution in [1.82, 2.24) is 4.90 Å². The van der Waals surface area contributed by atoms with Crippen LogP contribution in [0.3, 0.4) is 0 Å². The molecule has 27 heavy (non-hydrogen) atoms. The van der Waals surface area contributed by atoms with Crippen molar-refractivity contribution >= 4 is 56.5 Å². The van der Waals surface area contributed by atoms with Crippen LogP contribution in [0.4, 0.5) is 10.5 Å². The van der Waals surface area contributed by atoms with E-state index in [0.717, 1.165) is 37.8 Å². The van der Waals surface area contributed by atoms with Gasteiger partial charge in [-0.2, -0.15) is 0 Å². The quantitative estimate of drug-likeness (QED) is 0.691. The van der Waals surface area contributed by atoms with E-state index >= 15 is 0 Å². The van der Waals surface area contributed by atoms with Gasteiger partial charge in [0.1, 0.15) is 6.54 Å². The lowest BCUT2D eigenvalue weighted by atomic mass is 10.1. The van der Waals surface area contributed by atoms with E-state index < -0.39 is 17.1 Å².